The molecule has 0 fully saturated rings. The van der Waals surface area contributed by atoms with Crippen LogP contribution in [0.4, 0.5) is 4.79 Å². The first-order chi connectivity index (χ1) is 11.0. The van der Waals surface area contributed by atoms with Crippen LogP contribution in [0.1, 0.15) is 17.7 Å². The van der Waals surface area contributed by atoms with Crippen molar-refractivity contribution < 1.29 is 22.5 Å². The maximum atomic E-state index is 12.0. The molecule has 8 heteroatoms. The quantitative estimate of drug-likeness (QED) is 0.595. The summed E-state index contributed by atoms with van der Waals surface area (Å²) in [7, 11) is -3.91. The summed E-state index contributed by atoms with van der Waals surface area (Å²) in [6.45, 7) is 2.08. The first-order valence-electron chi connectivity index (χ1n) is 7.01. The van der Waals surface area contributed by atoms with Gasteiger partial charge in [0, 0.05) is 6.42 Å². The fraction of sp³-hybridized carbons (Fsp3) is 0.267. The van der Waals surface area contributed by atoms with Crippen LogP contribution in [0.2, 0.25) is 0 Å². The number of benzene rings is 1. The lowest BCUT2D eigenvalue weighted by atomic mass is 10.2. The number of rotatable bonds is 7. The molecule has 0 saturated carbocycles. The Hall–Kier alpha value is -2.32. The van der Waals surface area contributed by atoms with Gasteiger partial charge in [0.25, 0.3) is 10.0 Å². The molecule has 2 aromatic rings. The Morgan fingerprint density at radius 1 is 1.22 bits per heavy atom. The molecule has 1 aromatic carbocycles. The highest BCUT2D eigenvalue weighted by Crippen LogP contribution is 2.09. The number of hydrogen-bond acceptors (Lipinski definition) is 5. The molecular weight excluding hydrogens is 320 g/mol. The highest BCUT2D eigenvalue weighted by molar-refractivity contribution is 7.90. The van der Waals surface area contributed by atoms with E-state index >= 15 is 0 Å². The largest absolute Gasteiger partial charge is 0.469 e. The van der Waals surface area contributed by atoms with Gasteiger partial charge in [-0.2, -0.15) is 0 Å². The molecule has 2 N–H and O–H groups in total. The summed E-state index contributed by atoms with van der Waals surface area (Å²) in [5.74, 6) is 0.819. The fourth-order valence-corrected chi connectivity index (χ4v) is 2.71. The average Bonchev–Trinajstić information content (AvgIpc) is 3.00. The van der Waals surface area contributed by atoms with Crippen molar-refractivity contribution in [2.75, 3.05) is 6.61 Å². The van der Waals surface area contributed by atoms with Gasteiger partial charge in [-0.05, 0) is 37.6 Å². The van der Waals surface area contributed by atoms with E-state index in [-0.39, 0.29) is 11.5 Å². The van der Waals surface area contributed by atoms with Gasteiger partial charge in [-0.15, -0.1) is 0 Å². The third-order valence-electron chi connectivity index (χ3n) is 2.97. The molecule has 0 unspecified atom stereocenters. The number of carbonyl (C=O) groups is 1. The van der Waals surface area contributed by atoms with Crippen molar-refractivity contribution in [1.82, 2.24) is 10.2 Å². The molecule has 7 nitrogen and oxygen atoms in total. The van der Waals surface area contributed by atoms with Gasteiger partial charge in [0.2, 0.25) is 0 Å². The topological polar surface area (TPSA) is 97.6 Å². The van der Waals surface area contributed by atoms with E-state index in [1.165, 1.54) is 12.1 Å². The molecule has 0 aliphatic rings. The second kappa shape index (κ2) is 7.80. The minimum atomic E-state index is -3.91. The van der Waals surface area contributed by atoms with Crippen LogP contribution in [0.3, 0.4) is 0 Å². The molecule has 2 amide bonds. The first kappa shape index (κ1) is 17.0. The van der Waals surface area contributed by atoms with Crippen molar-refractivity contribution in [2.24, 2.45) is 0 Å². The van der Waals surface area contributed by atoms with Gasteiger partial charge in [-0.1, -0.05) is 17.7 Å². The van der Waals surface area contributed by atoms with Gasteiger partial charge in [-0.3, -0.25) is 4.84 Å². The number of urea groups is 1. The van der Waals surface area contributed by atoms with E-state index in [0.29, 0.717) is 12.8 Å². The summed E-state index contributed by atoms with van der Waals surface area (Å²) in [6, 6.07) is 8.84. The van der Waals surface area contributed by atoms with Crippen LogP contribution in [-0.4, -0.2) is 21.1 Å². The summed E-state index contributed by atoms with van der Waals surface area (Å²) in [5, 5.41) is 0. The Morgan fingerprint density at radius 2 is 1.96 bits per heavy atom. The van der Waals surface area contributed by atoms with Crippen molar-refractivity contribution in [2.45, 2.75) is 24.7 Å². The highest BCUT2D eigenvalue weighted by atomic mass is 32.2. The molecule has 2 rings (SSSR count). The van der Waals surface area contributed by atoms with Crippen LogP contribution >= 0.6 is 0 Å². The lowest BCUT2D eigenvalue weighted by molar-refractivity contribution is 0.0611. The summed E-state index contributed by atoms with van der Waals surface area (Å²) in [5.41, 5.74) is 2.96. The number of carbonyl (C=O) groups excluding carboxylic acids is 1. The van der Waals surface area contributed by atoms with Crippen molar-refractivity contribution in [3.63, 3.8) is 0 Å². The van der Waals surface area contributed by atoms with E-state index in [1.54, 1.807) is 24.5 Å². The number of nitrogens with one attached hydrogen (secondary N) is 2. The van der Waals surface area contributed by atoms with Gasteiger partial charge in [0.1, 0.15) is 5.76 Å². The standard InChI is InChI=1S/C15H18N2O5S/c1-12-6-8-14(9-7-12)23(19,20)17-15(18)16-22-11-3-5-13-4-2-10-21-13/h2,4,6-10H,3,5,11H2,1H3,(H2,16,17,18). The second-order valence-corrected chi connectivity index (χ2v) is 6.56. The van der Waals surface area contributed by atoms with E-state index in [0.717, 1.165) is 11.3 Å². The molecule has 0 bridgehead atoms. The smallest absolute Gasteiger partial charge is 0.352 e. The monoisotopic (exact) mass is 338 g/mol. The molecule has 0 aliphatic heterocycles. The maximum Gasteiger partial charge on any atom is 0.352 e. The van der Waals surface area contributed by atoms with E-state index in [9.17, 15) is 13.2 Å². The van der Waals surface area contributed by atoms with Gasteiger partial charge in [-0.25, -0.2) is 23.4 Å². The summed E-state index contributed by atoms with van der Waals surface area (Å²) in [4.78, 5) is 16.5. The number of aryl methyl sites for hydroxylation is 2. The van der Waals surface area contributed by atoms with E-state index in [4.69, 9.17) is 9.25 Å². The third kappa shape index (κ3) is 5.42. The lowest BCUT2D eigenvalue weighted by Crippen LogP contribution is -2.39. The summed E-state index contributed by atoms with van der Waals surface area (Å²) in [6.07, 6.45) is 2.87. The molecule has 0 atom stereocenters. The zero-order valence-corrected chi connectivity index (χ0v) is 13.4. The summed E-state index contributed by atoms with van der Waals surface area (Å²) >= 11 is 0. The van der Waals surface area contributed by atoms with Crippen LogP contribution in [0.5, 0.6) is 0 Å². The van der Waals surface area contributed by atoms with Gasteiger partial charge >= 0.3 is 6.03 Å². The summed E-state index contributed by atoms with van der Waals surface area (Å²) < 4.78 is 30.9. The molecule has 124 valence electrons. The van der Waals surface area contributed by atoms with Gasteiger partial charge in [0.05, 0.1) is 17.8 Å². The Balaban J connectivity index is 1.72. The SMILES string of the molecule is Cc1ccc(S(=O)(=O)NC(=O)NOCCCc2ccco2)cc1. The predicted octanol–water partition coefficient (Wildman–Crippen LogP) is 2.14. The Bertz CT molecular complexity index is 724. The maximum absolute atomic E-state index is 12.0. The van der Waals surface area contributed by atoms with Crippen LogP contribution in [0, 0.1) is 6.92 Å². The second-order valence-electron chi connectivity index (χ2n) is 4.88. The lowest BCUT2D eigenvalue weighted by Gasteiger charge is -2.08. The van der Waals surface area contributed by atoms with E-state index in [2.05, 4.69) is 0 Å². The Morgan fingerprint density at radius 3 is 2.61 bits per heavy atom. The molecule has 23 heavy (non-hydrogen) atoms. The van der Waals surface area contributed by atoms with Crippen molar-refractivity contribution in [1.29, 1.82) is 0 Å². The number of hydrogen-bond donors (Lipinski definition) is 2. The number of hydroxylamine groups is 1. The fourth-order valence-electron chi connectivity index (χ4n) is 1.81. The number of sulfonamides is 1. The molecule has 0 aliphatic carbocycles. The minimum Gasteiger partial charge on any atom is -0.469 e. The van der Waals surface area contributed by atoms with Crippen LogP contribution in [0.15, 0.2) is 52.0 Å². The molecule has 1 heterocycles. The predicted molar refractivity (Wildman–Crippen MR) is 83.0 cm³/mol. The van der Waals surface area contributed by atoms with E-state index in [1.807, 2.05) is 23.2 Å². The third-order valence-corrected chi connectivity index (χ3v) is 4.32. The van der Waals surface area contributed by atoms with Gasteiger partial charge in [0.15, 0.2) is 0 Å². The number of furan rings is 1. The van der Waals surface area contributed by atoms with Crippen LogP contribution < -0.4 is 10.2 Å². The Labute approximate surface area is 134 Å². The van der Waals surface area contributed by atoms with E-state index < -0.39 is 16.1 Å². The highest BCUT2D eigenvalue weighted by Gasteiger charge is 2.17. The molecule has 0 spiro atoms. The molecule has 1 aromatic heterocycles. The Kier molecular flexibility index (Phi) is 5.78. The van der Waals surface area contributed by atoms with Crippen molar-refractivity contribution >= 4 is 16.1 Å². The average molecular weight is 338 g/mol. The van der Waals surface area contributed by atoms with Crippen LogP contribution in [0.25, 0.3) is 0 Å². The number of amides is 2. The zero-order valence-electron chi connectivity index (χ0n) is 12.6. The van der Waals surface area contributed by atoms with Gasteiger partial charge < -0.3 is 4.42 Å². The zero-order chi connectivity index (χ0) is 16.7. The molecule has 0 saturated heterocycles. The van der Waals surface area contributed by atoms with Crippen molar-refractivity contribution in [3.05, 3.63) is 54.0 Å². The van der Waals surface area contributed by atoms with Crippen LogP contribution in [-0.2, 0) is 21.3 Å². The molecule has 0 radical (unpaired) electrons. The van der Waals surface area contributed by atoms with Crippen molar-refractivity contribution in [3.8, 4) is 0 Å². The molecular formula is C15H18N2O5S. The minimum absolute atomic E-state index is 0.0102. The first-order valence-corrected chi connectivity index (χ1v) is 8.49. The normalized spacial score (nSPS) is 11.2.